The Bertz CT molecular complexity index is 2160. The van der Waals surface area contributed by atoms with Gasteiger partial charge in [0.2, 0.25) is 0 Å². The number of allylic oxidation sites excluding steroid dienone is 2. The number of halogens is 3. The van der Waals surface area contributed by atoms with Gasteiger partial charge in [-0.2, -0.15) is 29.0 Å². The number of fused-ring (bicyclic) bond motifs is 2. The molecule has 2 aromatic heterocycles. The molecule has 6 rings (SSSR count). The van der Waals surface area contributed by atoms with Crippen LogP contribution in [0.4, 0.5) is 18.9 Å². The lowest BCUT2D eigenvalue weighted by molar-refractivity contribution is -0.249. The van der Waals surface area contributed by atoms with Gasteiger partial charge in [0.05, 0.1) is 6.61 Å². The van der Waals surface area contributed by atoms with E-state index in [0.29, 0.717) is 11.4 Å². The van der Waals surface area contributed by atoms with E-state index in [0.717, 1.165) is 36.3 Å². The highest BCUT2D eigenvalue weighted by Crippen LogP contribution is 2.56. The van der Waals surface area contributed by atoms with E-state index < -0.39 is 34.3 Å². The first-order chi connectivity index (χ1) is 22.6. The van der Waals surface area contributed by atoms with E-state index in [9.17, 15) is 20.9 Å². The number of aliphatic hydroxyl groups is 1. The van der Waals surface area contributed by atoms with Gasteiger partial charge in [-0.1, -0.05) is 48.5 Å². The lowest BCUT2D eigenvalue weighted by atomic mass is 9.84. The van der Waals surface area contributed by atoms with Crippen molar-refractivity contribution >= 4 is 54.6 Å². The first-order valence-electron chi connectivity index (χ1n) is 14.2. The Labute approximate surface area is 276 Å². The number of aliphatic hydroxyl groups excluding tert-OH is 1. The van der Waals surface area contributed by atoms with Crippen LogP contribution in [0, 0.1) is 34.0 Å². The van der Waals surface area contributed by atoms with E-state index in [1.807, 2.05) is 54.4 Å². The van der Waals surface area contributed by atoms with Crippen molar-refractivity contribution in [3.63, 3.8) is 0 Å². The first kappa shape index (κ1) is 31.6. The van der Waals surface area contributed by atoms with E-state index in [2.05, 4.69) is 6.07 Å². The zero-order valence-corrected chi connectivity index (χ0v) is 26.3. The summed E-state index contributed by atoms with van der Waals surface area (Å²) in [6, 6.07) is 27.9. The quantitative estimate of drug-likeness (QED) is 0.174. The molecule has 1 aliphatic heterocycles. The number of thiophene rings is 2. The third-order valence-electron chi connectivity index (χ3n) is 7.89. The van der Waals surface area contributed by atoms with Crippen LogP contribution in [-0.2, 0) is 10.3 Å². The molecule has 0 radical (unpaired) electrons. The highest BCUT2D eigenvalue weighted by Gasteiger charge is 2.65. The molecule has 6 nitrogen and oxygen atoms in total. The number of likely N-dealkylation sites (N-methyl/N-ethyl adjacent to an activating group) is 1. The summed E-state index contributed by atoms with van der Waals surface area (Å²) in [5.41, 5.74) is -3.07. The maximum absolute atomic E-state index is 15.1. The van der Waals surface area contributed by atoms with Gasteiger partial charge in [-0.15, -0.1) is 22.7 Å². The summed E-state index contributed by atoms with van der Waals surface area (Å²) in [4.78, 5) is 3.71. The average molecular weight is 665 g/mol. The van der Waals surface area contributed by atoms with Gasteiger partial charge < -0.3 is 14.7 Å². The smallest absolute Gasteiger partial charge is 0.437 e. The fourth-order valence-electron chi connectivity index (χ4n) is 5.57. The van der Waals surface area contributed by atoms with E-state index in [1.165, 1.54) is 47.8 Å². The van der Waals surface area contributed by atoms with Crippen molar-refractivity contribution in [2.45, 2.75) is 11.8 Å². The summed E-state index contributed by atoms with van der Waals surface area (Å²) in [6.07, 6.45) is -2.35. The fourth-order valence-corrected chi connectivity index (χ4v) is 7.67. The maximum Gasteiger partial charge on any atom is 0.437 e. The van der Waals surface area contributed by atoms with E-state index in [4.69, 9.17) is 4.74 Å². The summed E-state index contributed by atoms with van der Waals surface area (Å²) in [6.45, 7) is 0.612. The molecule has 232 valence electrons. The van der Waals surface area contributed by atoms with Crippen LogP contribution in [0.2, 0.25) is 0 Å². The lowest BCUT2D eigenvalue weighted by Gasteiger charge is -2.33. The van der Waals surface area contributed by atoms with Crippen LogP contribution in [0.1, 0.15) is 10.4 Å². The van der Waals surface area contributed by atoms with Crippen LogP contribution in [0.5, 0.6) is 0 Å². The fraction of sp³-hybridized carbons (Fsp3) is 0.139. The molecule has 3 heterocycles. The van der Waals surface area contributed by atoms with Gasteiger partial charge in [-0.25, -0.2) is 0 Å². The minimum Gasteiger partial charge on any atom is -0.465 e. The number of benzene rings is 3. The van der Waals surface area contributed by atoms with Crippen molar-refractivity contribution in [3.8, 4) is 28.6 Å². The Kier molecular flexibility index (Phi) is 8.36. The topological polar surface area (TPSA) is 104 Å². The zero-order chi connectivity index (χ0) is 33.3. The number of hydrogen-bond acceptors (Lipinski definition) is 8. The Morgan fingerprint density at radius 2 is 1.57 bits per heavy atom. The number of nitrogens with zero attached hydrogens (tertiary/aromatic N) is 4. The Morgan fingerprint density at radius 1 is 0.915 bits per heavy atom. The molecule has 0 saturated carbocycles. The molecule has 3 aromatic carbocycles. The van der Waals surface area contributed by atoms with Gasteiger partial charge >= 0.3 is 6.18 Å². The monoisotopic (exact) mass is 664 g/mol. The van der Waals surface area contributed by atoms with E-state index in [1.54, 1.807) is 35.6 Å². The van der Waals surface area contributed by atoms with Crippen LogP contribution < -0.4 is 4.90 Å². The van der Waals surface area contributed by atoms with Crippen molar-refractivity contribution in [3.05, 3.63) is 118 Å². The van der Waals surface area contributed by atoms with Gasteiger partial charge in [-0.05, 0) is 58.8 Å². The van der Waals surface area contributed by atoms with Crippen molar-refractivity contribution in [1.29, 1.82) is 15.8 Å². The first-order valence-corrected chi connectivity index (χ1v) is 15.9. The standard InChI is InChI=1S/C36H23F3N4O2S2/c1-43(13-14-44)27-9-7-22(8-10-27)31-17-24-18-32-23(16-33(24)47-31)15-28(46-32)11-12-30-29(21-42)34(25(19-40)20-41)45-35(30,36(37,38)39)26-5-3-2-4-6-26/h2-12,15-18,44H,13-14H2,1H3/b12-11+. The van der Waals surface area contributed by atoms with E-state index in [-0.39, 0.29) is 12.2 Å². The second kappa shape index (κ2) is 12.4. The summed E-state index contributed by atoms with van der Waals surface area (Å²) in [5, 5.41) is 40.1. The molecule has 5 aromatic rings. The second-order valence-corrected chi connectivity index (χ2v) is 12.9. The summed E-state index contributed by atoms with van der Waals surface area (Å²) >= 11 is 3.02. The van der Waals surface area contributed by atoms with Gasteiger partial charge in [0, 0.05) is 49.6 Å². The predicted molar refractivity (Wildman–Crippen MR) is 178 cm³/mol. The predicted octanol–water partition coefficient (Wildman–Crippen LogP) is 8.83. The number of anilines is 1. The van der Waals surface area contributed by atoms with Crippen molar-refractivity contribution < 1.29 is 23.0 Å². The molecule has 0 bridgehead atoms. The van der Waals surface area contributed by atoms with Crippen molar-refractivity contribution in [1.82, 2.24) is 0 Å². The minimum absolute atomic E-state index is 0.0716. The molecular formula is C36H23F3N4O2S2. The van der Waals surface area contributed by atoms with Crippen LogP contribution in [0.3, 0.4) is 0 Å². The zero-order valence-electron chi connectivity index (χ0n) is 24.7. The number of hydrogen-bond donors (Lipinski definition) is 1. The SMILES string of the molecule is CN(CCO)c1ccc(-c2cc3cc4sc(/C=C/C5=C(C#N)C(=C(C#N)C#N)OC5(c5ccccc5)C(F)(F)F)cc4cc3s2)cc1. The normalized spacial score (nSPS) is 16.3. The molecule has 0 fully saturated rings. The molecule has 1 atom stereocenters. The molecular weight excluding hydrogens is 642 g/mol. The molecule has 1 aliphatic rings. The third kappa shape index (κ3) is 5.54. The van der Waals surface area contributed by atoms with Gasteiger partial charge in [0.15, 0.2) is 11.3 Å². The highest BCUT2D eigenvalue weighted by molar-refractivity contribution is 7.23. The third-order valence-corrected chi connectivity index (χ3v) is 10.1. The molecule has 47 heavy (non-hydrogen) atoms. The van der Waals surface area contributed by atoms with Crippen LogP contribution >= 0.6 is 22.7 Å². The number of rotatable bonds is 7. The average Bonchev–Trinajstić information content (AvgIpc) is 3.76. The van der Waals surface area contributed by atoms with Gasteiger partial charge in [-0.3, -0.25) is 0 Å². The summed E-state index contributed by atoms with van der Waals surface area (Å²) in [5.74, 6) is -0.697. The summed E-state index contributed by atoms with van der Waals surface area (Å²) < 4.78 is 52.7. The largest absolute Gasteiger partial charge is 0.465 e. The van der Waals surface area contributed by atoms with Crippen LogP contribution in [0.15, 0.2) is 107 Å². The summed E-state index contributed by atoms with van der Waals surface area (Å²) in [7, 11) is 1.92. The maximum atomic E-state index is 15.1. The Hall–Kier alpha value is -5.38. The Morgan fingerprint density at radius 3 is 2.19 bits per heavy atom. The molecule has 0 spiro atoms. The molecule has 1 unspecified atom stereocenters. The van der Waals surface area contributed by atoms with Crippen molar-refractivity contribution in [2.24, 2.45) is 0 Å². The number of nitriles is 3. The highest BCUT2D eigenvalue weighted by atomic mass is 32.1. The van der Waals surface area contributed by atoms with Crippen LogP contribution in [-0.4, -0.2) is 31.5 Å². The van der Waals surface area contributed by atoms with Crippen molar-refractivity contribution in [2.75, 3.05) is 25.1 Å². The molecule has 11 heteroatoms. The number of alkyl halides is 3. The second-order valence-electron chi connectivity index (χ2n) is 10.7. The van der Waals surface area contributed by atoms with Gasteiger partial charge in [0.25, 0.3) is 5.60 Å². The lowest BCUT2D eigenvalue weighted by Crippen LogP contribution is -2.43. The molecule has 1 N–H and O–H groups in total. The molecule has 0 aliphatic carbocycles. The van der Waals surface area contributed by atoms with Gasteiger partial charge in [0.1, 0.15) is 23.8 Å². The minimum atomic E-state index is -5.05. The Balaban J connectivity index is 1.40. The van der Waals surface area contributed by atoms with Crippen LogP contribution in [0.25, 0.3) is 36.7 Å². The van der Waals surface area contributed by atoms with E-state index >= 15 is 13.2 Å². The number of ether oxygens (including phenoxy) is 1. The molecule has 0 amide bonds. The molecule has 0 saturated heterocycles.